The zero-order valence-corrected chi connectivity index (χ0v) is 9.35. The third kappa shape index (κ3) is 1.62. The van der Waals surface area contributed by atoms with Gasteiger partial charge in [-0.3, -0.25) is 4.79 Å². The Morgan fingerprint density at radius 3 is 2.82 bits per heavy atom. The van der Waals surface area contributed by atoms with Crippen LogP contribution in [0.5, 0.6) is 0 Å². The normalized spacial score (nSPS) is 25.2. The van der Waals surface area contributed by atoms with E-state index >= 15 is 0 Å². The van der Waals surface area contributed by atoms with Gasteiger partial charge in [-0.15, -0.1) is 0 Å². The molecule has 2 heterocycles. The first kappa shape index (κ1) is 10.4. The summed E-state index contributed by atoms with van der Waals surface area (Å²) in [6.45, 7) is 0.513. The highest BCUT2D eigenvalue weighted by Crippen LogP contribution is 2.53. The van der Waals surface area contributed by atoms with Crippen molar-refractivity contribution >= 4 is 6.09 Å². The molecule has 0 bridgehead atoms. The third-order valence-corrected chi connectivity index (χ3v) is 3.93. The van der Waals surface area contributed by atoms with Crippen LogP contribution < -0.4 is 5.56 Å². The van der Waals surface area contributed by atoms with Crippen LogP contribution in [0.25, 0.3) is 0 Å². The van der Waals surface area contributed by atoms with Gasteiger partial charge in [0.15, 0.2) is 0 Å². The van der Waals surface area contributed by atoms with Gasteiger partial charge in [-0.2, -0.15) is 0 Å². The second kappa shape index (κ2) is 3.35. The van der Waals surface area contributed by atoms with Crippen molar-refractivity contribution in [3.05, 3.63) is 34.2 Å². The fraction of sp³-hybridized carbons (Fsp3) is 0.500. The molecule has 1 saturated carbocycles. The van der Waals surface area contributed by atoms with E-state index < -0.39 is 6.09 Å². The summed E-state index contributed by atoms with van der Waals surface area (Å²) in [6.07, 6.45) is 3.55. The zero-order valence-electron chi connectivity index (χ0n) is 9.35. The summed E-state index contributed by atoms with van der Waals surface area (Å²) in [7, 11) is 0. The van der Waals surface area contributed by atoms with Crippen molar-refractivity contribution in [1.29, 1.82) is 0 Å². The topological polar surface area (TPSA) is 73.4 Å². The summed E-state index contributed by atoms with van der Waals surface area (Å²) in [5, 5.41) is 9.17. The molecule has 5 nitrogen and oxygen atoms in total. The molecule has 0 unspecified atom stereocenters. The number of H-pyrrole nitrogens is 1. The van der Waals surface area contributed by atoms with Crippen molar-refractivity contribution in [3.63, 3.8) is 0 Å². The minimum atomic E-state index is -0.838. The number of hydrogen-bond donors (Lipinski definition) is 2. The Morgan fingerprint density at radius 1 is 1.53 bits per heavy atom. The minimum Gasteiger partial charge on any atom is -0.465 e. The smallest absolute Gasteiger partial charge is 0.407 e. The van der Waals surface area contributed by atoms with E-state index in [1.807, 2.05) is 6.07 Å². The van der Waals surface area contributed by atoms with Crippen LogP contribution in [0.15, 0.2) is 23.1 Å². The molecule has 2 aliphatic rings. The molecule has 1 saturated heterocycles. The summed E-state index contributed by atoms with van der Waals surface area (Å²) in [4.78, 5) is 26.5. The van der Waals surface area contributed by atoms with E-state index in [-0.39, 0.29) is 17.0 Å². The Hall–Kier alpha value is -1.78. The van der Waals surface area contributed by atoms with E-state index in [0.29, 0.717) is 6.54 Å². The predicted molar refractivity (Wildman–Crippen MR) is 61.1 cm³/mol. The molecule has 2 N–H and O–H groups in total. The van der Waals surface area contributed by atoms with Gasteiger partial charge < -0.3 is 15.0 Å². The van der Waals surface area contributed by atoms with Gasteiger partial charge >= 0.3 is 6.09 Å². The lowest BCUT2D eigenvalue weighted by atomic mass is 9.96. The highest BCUT2D eigenvalue weighted by atomic mass is 16.4. The summed E-state index contributed by atoms with van der Waals surface area (Å²) in [5.41, 5.74) is 0.698. The van der Waals surface area contributed by atoms with E-state index in [4.69, 9.17) is 5.11 Å². The molecule has 0 aromatic carbocycles. The van der Waals surface area contributed by atoms with E-state index in [0.717, 1.165) is 24.8 Å². The van der Waals surface area contributed by atoms with Gasteiger partial charge in [-0.25, -0.2) is 4.79 Å². The van der Waals surface area contributed by atoms with Crippen molar-refractivity contribution < 1.29 is 9.90 Å². The maximum atomic E-state index is 11.3. The summed E-state index contributed by atoms with van der Waals surface area (Å²) in [5.74, 6) is 0.163. The van der Waals surface area contributed by atoms with Crippen molar-refractivity contribution in [2.24, 2.45) is 0 Å². The number of carbonyl (C=O) groups is 1. The maximum absolute atomic E-state index is 11.3. The lowest BCUT2D eigenvalue weighted by Crippen LogP contribution is -2.35. The van der Waals surface area contributed by atoms with Gasteiger partial charge in [-0.1, -0.05) is 0 Å². The Kier molecular flexibility index (Phi) is 2.05. The number of nitrogens with zero attached hydrogens (tertiary/aromatic N) is 1. The molecule has 3 rings (SSSR count). The molecule has 1 amide bonds. The number of carboxylic acid groups (broad SMARTS) is 1. The van der Waals surface area contributed by atoms with Gasteiger partial charge in [0.25, 0.3) is 0 Å². The van der Waals surface area contributed by atoms with Crippen molar-refractivity contribution in [1.82, 2.24) is 9.88 Å². The maximum Gasteiger partial charge on any atom is 0.407 e. The molecule has 0 radical (unpaired) electrons. The molecule has 17 heavy (non-hydrogen) atoms. The third-order valence-electron chi connectivity index (χ3n) is 3.93. The largest absolute Gasteiger partial charge is 0.465 e. The highest BCUT2D eigenvalue weighted by molar-refractivity contribution is 5.68. The number of amides is 1. The molecular weight excluding hydrogens is 220 g/mol. The van der Waals surface area contributed by atoms with E-state index in [1.165, 1.54) is 0 Å². The fourth-order valence-electron chi connectivity index (χ4n) is 2.89. The predicted octanol–water partition coefficient (Wildman–Crippen LogP) is 1.37. The fourth-order valence-corrected chi connectivity index (χ4v) is 2.89. The second-order valence-electron chi connectivity index (χ2n) is 5.00. The first-order valence-corrected chi connectivity index (χ1v) is 5.80. The van der Waals surface area contributed by atoms with Gasteiger partial charge in [0.05, 0.1) is 0 Å². The van der Waals surface area contributed by atoms with Crippen LogP contribution >= 0.6 is 0 Å². The standard InChI is InChI=1S/C12H14N2O3/c15-10-5-8(1-4-13-10)9-6-12(2-3-12)14(7-9)11(16)17/h1,4-5,9H,2-3,6-7H2,(H,13,15)(H,16,17)/t9-/m0/s1. The van der Waals surface area contributed by atoms with E-state index in [1.54, 1.807) is 17.2 Å². The number of rotatable bonds is 1. The van der Waals surface area contributed by atoms with Crippen LogP contribution in [-0.2, 0) is 0 Å². The number of aromatic amines is 1. The van der Waals surface area contributed by atoms with Gasteiger partial charge in [-0.05, 0) is 30.9 Å². The number of pyridine rings is 1. The van der Waals surface area contributed by atoms with Crippen molar-refractivity contribution in [2.75, 3.05) is 6.54 Å². The van der Waals surface area contributed by atoms with Crippen LogP contribution in [0.1, 0.15) is 30.7 Å². The molecule has 90 valence electrons. The number of aromatic nitrogens is 1. The van der Waals surface area contributed by atoms with Gasteiger partial charge in [0.1, 0.15) is 0 Å². The monoisotopic (exact) mass is 234 g/mol. The molecule has 1 aromatic heterocycles. The molecular formula is C12H14N2O3. The molecule has 1 spiro atoms. The van der Waals surface area contributed by atoms with E-state index in [9.17, 15) is 9.59 Å². The second-order valence-corrected chi connectivity index (χ2v) is 5.00. The summed E-state index contributed by atoms with van der Waals surface area (Å²) >= 11 is 0. The van der Waals surface area contributed by atoms with Crippen molar-refractivity contribution in [2.45, 2.75) is 30.7 Å². The highest BCUT2D eigenvalue weighted by Gasteiger charge is 2.56. The van der Waals surface area contributed by atoms with Gasteiger partial charge in [0, 0.05) is 30.3 Å². The van der Waals surface area contributed by atoms with Gasteiger partial charge in [0.2, 0.25) is 5.56 Å². The van der Waals surface area contributed by atoms with Crippen LogP contribution in [-0.4, -0.2) is 33.2 Å². The molecule has 1 atom stereocenters. The Balaban J connectivity index is 1.88. The van der Waals surface area contributed by atoms with Crippen LogP contribution in [0.3, 0.4) is 0 Å². The molecule has 2 fully saturated rings. The first-order valence-electron chi connectivity index (χ1n) is 5.80. The minimum absolute atomic E-state index is 0.124. The zero-order chi connectivity index (χ0) is 12.0. The Morgan fingerprint density at radius 2 is 2.29 bits per heavy atom. The summed E-state index contributed by atoms with van der Waals surface area (Å²) in [6, 6.07) is 3.44. The van der Waals surface area contributed by atoms with Crippen LogP contribution in [0.4, 0.5) is 4.79 Å². The quantitative estimate of drug-likeness (QED) is 0.770. The number of hydrogen-bond acceptors (Lipinski definition) is 2. The average molecular weight is 234 g/mol. The van der Waals surface area contributed by atoms with Crippen LogP contribution in [0.2, 0.25) is 0 Å². The molecule has 1 aliphatic carbocycles. The molecule has 5 heteroatoms. The molecule has 1 aromatic rings. The SMILES string of the molecule is O=C(O)N1C[C@@H](c2cc[nH]c(=O)c2)CC12CC2. The first-order chi connectivity index (χ1) is 8.11. The Labute approximate surface area is 98.1 Å². The number of likely N-dealkylation sites (tertiary alicyclic amines) is 1. The Bertz CT molecular complexity index is 518. The average Bonchev–Trinajstić information content (AvgIpc) is 2.91. The van der Waals surface area contributed by atoms with Crippen LogP contribution in [0, 0.1) is 0 Å². The van der Waals surface area contributed by atoms with E-state index in [2.05, 4.69) is 4.98 Å². The summed E-state index contributed by atoms with van der Waals surface area (Å²) < 4.78 is 0. The lowest BCUT2D eigenvalue weighted by molar-refractivity contribution is 0.135. The number of nitrogens with one attached hydrogen (secondary N) is 1. The van der Waals surface area contributed by atoms with Crippen molar-refractivity contribution in [3.8, 4) is 0 Å². The lowest BCUT2D eigenvalue weighted by Gasteiger charge is -2.19. The molecule has 1 aliphatic heterocycles.